The van der Waals surface area contributed by atoms with Crippen LogP contribution >= 0.6 is 11.6 Å². The number of carbonyl (C=O) groups is 4. The van der Waals surface area contributed by atoms with E-state index in [0.29, 0.717) is 16.3 Å². The summed E-state index contributed by atoms with van der Waals surface area (Å²) in [5, 5.41) is 18.2. The van der Waals surface area contributed by atoms with Gasteiger partial charge in [0.2, 0.25) is 17.7 Å². The van der Waals surface area contributed by atoms with Gasteiger partial charge in [0.05, 0.1) is 30.3 Å². The number of halogens is 1. The molecular formula is C37H48ClN3O8. The lowest BCUT2D eigenvalue weighted by Crippen LogP contribution is -2.56. The van der Waals surface area contributed by atoms with Crippen LogP contribution in [0.1, 0.15) is 70.8 Å². The minimum atomic E-state index is -1.12. The van der Waals surface area contributed by atoms with E-state index in [1.165, 1.54) is 13.2 Å². The zero-order valence-electron chi connectivity index (χ0n) is 29.2. The van der Waals surface area contributed by atoms with Crippen LogP contribution in [0.15, 0.2) is 54.6 Å². The second-order valence-electron chi connectivity index (χ2n) is 14.5. The lowest BCUT2D eigenvalue weighted by Gasteiger charge is -2.35. The van der Waals surface area contributed by atoms with Crippen molar-refractivity contribution in [1.82, 2.24) is 16.0 Å². The number of cyclic esters (lactones) is 1. The van der Waals surface area contributed by atoms with Gasteiger partial charge in [-0.1, -0.05) is 75.7 Å². The summed E-state index contributed by atoms with van der Waals surface area (Å²) < 4.78 is 17.4. The maximum Gasteiger partial charge on any atom is 0.329 e. The van der Waals surface area contributed by atoms with E-state index in [0.717, 1.165) is 11.1 Å². The highest BCUT2D eigenvalue weighted by Gasteiger charge is 2.48. The maximum atomic E-state index is 13.8. The van der Waals surface area contributed by atoms with Gasteiger partial charge in [0.1, 0.15) is 30.0 Å². The predicted molar refractivity (Wildman–Crippen MR) is 185 cm³/mol. The number of ether oxygens (including phenoxy) is 3. The molecule has 0 bridgehead atoms. The van der Waals surface area contributed by atoms with Gasteiger partial charge in [0, 0.05) is 25.3 Å². The zero-order valence-corrected chi connectivity index (χ0v) is 29.9. The number of esters is 1. The van der Waals surface area contributed by atoms with Crippen LogP contribution in [-0.2, 0) is 41.7 Å². The minimum Gasteiger partial charge on any atom is -0.495 e. The number of epoxide rings is 1. The van der Waals surface area contributed by atoms with Crippen molar-refractivity contribution in [2.75, 3.05) is 13.7 Å². The number of hydrogen-bond acceptors (Lipinski definition) is 8. The molecule has 2 aliphatic heterocycles. The minimum absolute atomic E-state index is 0.0610. The molecule has 11 nitrogen and oxygen atoms in total. The average molecular weight is 698 g/mol. The molecule has 0 radical (unpaired) electrons. The second kappa shape index (κ2) is 15.7. The fourth-order valence-corrected chi connectivity index (χ4v) is 5.96. The molecule has 0 saturated carbocycles. The third-order valence-electron chi connectivity index (χ3n) is 9.01. The van der Waals surface area contributed by atoms with Crippen molar-refractivity contribution in [3.8, 4) is 5.75 Å². The monoisotopic (exact) mass is 697 g/mol. The molecule has 0 aliphatic carbocycles. The van der Waals surface area contributed by atoms with Crippen LogP contribution in [-0.4, -0.2) is 66.7 Å². The SMILES string of the molecule is COc1ccc(C[C@H]2NC(=O)/C=C/C[C@@H](C(C)C3OC3c3ccc(CO)cc3)OC(=O)[C@H](C(C)(C)C)NC(=O)C(C)(C)CNC2=O)cc1Cl. The molecule has 1 saturated heterocycles. The largest absolute Gasteiger partial charge is 0.495 e. The van der Waals surface area contributed by atoms with Gasteiger partial charge in [-0.2, -0.15) is 0 Å². The van der Waals surface area contributed by atoms with E-state index in [1.807, 2.05) is 52.0 Å². The van der Waals surface area contributed by atoms with E-state index < -0.39 is 52.7 Å². The van der Waals surface area contributed by atoms with Crippen LogP contribution in [0.25, 0.3) is 0 Å². The molecule has 2 aliphatic rings. The van der Waals surface area contributed by atoms with E-state index in [-0.39, 0.29) is 44.1 Å². The summed E-state index contributed by atoms with van der Waals surface area (Å²) in [6.07, 6.45) is 2.05. The Morgan fingerprint density at radius 2 is 1.71 bits per heavy atom. The first-order valence-electron chi connectivity index (χ1n) is 16.5. The fourth-order valence-electron chi connectivity index (χ4n) is 5.68. The van der Waals surface area contributed by atoms with Crippen LogP contribution in [0.5, 0.6) is 5.75 Å². The number of nitrogens with one attached hydrogen (secondary N) is 3. The van der Waals surface area contributed by atoms with Crippen molar-refractivity contribution in [1.29, 1.82) is 0 Å². The number of aliphatic hydroxyl groups is 1. The van der Waals surface area contributed by atoms with Gasteiger partial charge >= 0.3 is 5.97 Å². The molecule has 3 amide bonds. The molecule has 6 atom stereocenters. The Balaban J connectivity index is 1.62. The Labute approximate surface area is 293 Å². The summed E-state index contributed by atoms with van der Waals surface area (Å²) >= 11 is 6.33. The van der Waals surface area contributed by atoms with Gasteiger partial charge < -0.3 is 35.3 Å². The second-order valence-corrected chi connectivity index (χ2v) is 14.9. The Bertz CT molecular complexity index is 1550. The molecule has 266 valence electrons. The van der Waals surface area contributed by atoms with Crippen LogP contribution in [0, 0.1) is 16.7 Å². The smallest absolute Gasteiger partial charge is 0.329 e. The summed E-state index contributed by atoms with van der Waals surface area (Å²) in [7, 11) is 1.50. The molecule has 2 aromatic carbocycles. The van der Waals surface area contributed by atoms with Crippen molar-refractivity contribution in [2.24, 2.45) is 16.7 Å². The summed E-state index contributed by atoms with van der Waals surface area (Å²) in [4.78, 5) is 54.1. The number of amides is 3. The summed E-state index contributed by atoms with van der Waals surface area (Å²) in [6, 6.07) is 10.6. The van der Waals surface area contributed by atoms with Crippen LogP contribution in [0.2, 0.25) is 5.02 Å². The molecule has 1 fully saturated rings. The summed E-state index contributed by atoms with van der Waals surface area (Å²) in [5.41, 5.74) is 0.587. The fraction of sp³-hybridized carbons (Fsp3) is 0.514. The zero-order chi connectivity index (χ0) is 36.1. The molecule has 2 aromatic rings. The van der Waals surface area contributed by atoms with Crippen LogP contribution in [0.3, 0.4) is 0 Å². The molecule has 0 aromatic heterocycles. The van der Waals surface area contributed by atoms with E-state index in [9.17, 15) is 24.3 Å². The van der Waals surface area contributed by atoms with Crippen molar-refractivity contribution in [3.63, 3.8) is 0 Å². The Morgan fingerprint density at radius 3 is 2.33 bits per heavy atom. The summed E-state index contributed by atoms with van der Waals surface area (Å²) in [6.45, 7) is 10.6. The number of rotatable bonds is 7. The molecule has 4 N–H and O–H groups in total. The first-order valence-corrected chi connectivity index (χ1v) is 16.9. The van der Waals surface area contributed by atoms with Crippen molar-refractivity contribution >= 4 is 35.3 Å². The van der Waals surface area contributed by atoms with Gasteiger partial charge in [-0.25, -0.2) is 4.79 Å². The number of benzene rings is 2. The van der Waals surface area contributed by atoms with E-state index in [2.05, 4.69) is 16.0 Å². The Kier molecular flexibility index (Phi) is 12.2. The van der Waals surface area contributed by atoms with E-state index in [1.54, 1.807) is 38.1 Å². The highest BCUT2D eigenvalue weighted by atomic mass is 35.5. The van der Waals surface area contributed by atoms with Crippen molar-refractivity contribution < 1.29 is 38.5 Å². The topological polar surface area (TPSA) is 156 Å². The molecule has 12 heteroatoms. The lowest BCUT2D eigenvalue weighted by molar-refractivity contribution is -0.159. The standard InChI is InChI=1S/C37H48ClN3O8/c1-21(30-31(49-30)24-14-11-22(19-42)12-15-24)27-9-8-10-29(43)40-26(18-23-13-16-28(47-7)25(38)17-23)33(44)39-20-37(5,6)35(46)41-32(34(45)48-27)36(2,3)4/h8,10-17,21,26-27,30-32,42H,9,18-20H2,1-7H3,(H,39,44)(H,40,43)(H,41,46)/b10-8+/t21?,26-,27+,30?,31?,32-/m1/s1. The van der Waals surface area contributed by atoms with Crippen LogP contribution in [0.4, 0.5) is 0 Å². The van der Waals surface area contributed by atoms with Crippen molar-refractivity contribution in [2.45, 2.75) is 91.4 Å². The Hall–Kier alpha value is -3.93. The molecule has 4 rings (SSSR count). The normalized spacial score (nSPS) is 26.4. The number of methoxy groups -OCH3 is 1. The molecule has 0 spiro atoms. The lowest BCUT2D eigenvalue weighted by atomic mass is 9.84. The van der Waals surface area contributed by atoms with Gasteiger partial charge in [-0.15, -0.1) is 0 Å². The molecule has 49 heavy (non-hydrogen) atoms. The van der Waals surface area contributed by atoms with E-state index >= 15 is 0 Å². The molecular weight excluding hydrogens is 650 g/mol. The average Bonchev–Trinajstić information content (AvgIpc) is 3.85. The molecule has 2 heterocycles. The highest BCUT2D eigenvalue weighted by molar-refractivity contribution is 6.32. The number of hydrogen-bond donors (Lipinski definition) is 4. The predicted octanol–water partition coefficient (Wildman–Crippen LogP) is 4.19. The van der Waals surface area contributed by atoms with Gasteiger partial charge in [0.25, 0.3) is 0 Å². The summed E-state index contributed by atoms with van der Waals surface area (Å²) in [5.74, 6) is -1.86. The van der Waals surface area contributed by atoms with Crippen LogP contribution < -0.4 is 20.7 Å². The first-order chi connectivity index (χ1) is 23.0. The molecule has 3 unspecified atom stereocenters. The van der Waals surface area contributed by atoms with Gasteiger partial charge in [-0.05, 0) is 54.2 Å². The first kappa shape index (κ1) is 37.9. The third-order valence-corrected chi connectivity index (χ3v) is 9.31. The maximum absolute atomic E-state index is 13.8. The van der Waals surface area contributed by atoms with Gasteiger partial charge in [0.15, 0.2) is 0 Å². The highest BCUT2D eigenvalue weighted by Crippen LogP contribution is 2.45. The quantitative estimate of drug-likeness (QED) is 0.248. The Morgan fingerprint density at radius 1 is 1.04 bits per heavy atom. The van der Waals surface area contributed by atoms with Gasteiger partial charge in [-0.3, -0.25) is 14.4 Å². The number of aliphatic hydroxyl groups excluding tert-OH is 1. The van der Waals surface area contributed by atoms with E-state index in [4.69, 9.17) is 25.8 Å². The third kappa shape index (κ3) is 9.83. The van der Waals surface area contributed by atoms with Crippen molar-refractivity contribution in [3.05, 3.63) is 76.3 Å². The number of carbonyl (C=O) groups excluding carboxylic acids is 4.